The molecule has 3 aromatic carbocycles. The molecule has 0 spiro atoms. The van der Waals surface area contributed by atoms with Crippen LogP contribution in [0.4, 0.5) is 0 Å². The van der Waals surface area contributed by atoms with E-state index in [4.69, 9.17) is 4.42 Å². The molecule has 7 heteroatoms. The van der Waals surface area contributed by atoms with E-state index in [2.05, 4.69) is 31.8 Å². The molecule has 6 nitrogen and oxygen atoms in total. The molecule has 0 unspecified atom stereocenters. The summed E-state index contributed by atoms with van der Waals surface area (Å²) in [5.74, 6) is 0.191. The Morgan fingerprint density at radius 1 is 0.824 bits per heavy atom. The number of hydrogen-bond donors (Lipinski definition) is 2. The summed E-state index contributed by atoms with van der Waals surface area (Å²) in [6.45, 7) is 0. The van der Waals surface area contributed by atoms with Crippen LogP contribution in [0.3, 0.4) is 0 Å². The zero-order chi connectivity index (χ0) is 23.8. The Bertz CT molecular complexity index is 1330. The lowest BCUT2D eigenvalue weighted by Gasteiger charge is -2.09. The fraction of sp³-hybridized carbons (Fsp3) is 0. The Morgan fingerprint density at radius 3 is 2.21 bits per heavy atom. The summed E-state index contributed by atoms with van der Waals surface area (Å²) in [5.41, 5.74) is 4.63. The summed E-state index contributed by atoms with van der Waals surface area (Å²) in [5, 5.41) is 6.66. The lowest BCUT2D eigenvalue weighted by atomic mass is 10.1. The van der Waals surface area contributed by atoms with Crippen molar-refractivity contribution in [3.8, 4) is 11.3 Å². The van der Waals surface area contributed by atoms with Crippen molar-refractivity contribution in [3.05, 3.63) is 124 Å². The molecular weight excluding hydrogens is 494 g/mol. The van der Waals surface area contributed by atoms with Crippen LogP contribution in [0.5, 0.6) is 0 Å². The topological polar surface area (TPSA) is 83.7 Å². The highest BCUT2D eigenvalue weighted by Gasteiger charge is 2.14. The van der Waals surface area contributed by atoms with Gasteiger partial charge in [0.25, 0.3) is 11.8 Å². The quantitative estimate of drug-likeness (QED) is 0.191. The Balaban J connectivity index is 1.47. The van der Waals surface area contributed by atoms with E-state index in [-0.39, 0.29) is 5.70 Å². The third-order valence-electron chi connectivity index (χ3n) is 4.75. The summed E-state index contributed by atoms with van der Waals surface area (Å²) >= 11 is 3.41. The highest BCUT2D eigenvalue weighted by molar-refractivity contribution is 9.10. The van der Waals surface area contributed by atoms with E-state index < -0.39 is 11.8 Å². The molecule has 0 aliphatic rings. The van der Waals surface area contributed by atoms with Gasteiger partial charge in [-0.3, -0.25) is 9.59 Å². The molecule has 2 N–H and O–H groups in total. The summed E-state index contributed by atoms with van der Waals surface area (Å²) in [6.07, 6.45) is 2.99. The number of carbonyl (C=O) groups is 2. The van der Waals surface area contributed by atoms with Crippen molar-refractivity contribution in [1.29, 1.82) is 0 Å². The van der Waals surface area contributed by atoms with Gasteiger partial charge in [-0.25, -0.2) is 5.43 Å². The molecule has 4 aromatic rings. The van der Waals surface area contributed by atoms with Gasteiger partial charge in [-0.2, -0.15) is 5.10 Å². The maximum absolute atomic E-state index is 12.8. The first-order valence-corrected chi connectivity index (χ1v) is 11.2. The zero-order valence-electron chi connectivity index (χ0n) is 17.9. The molecule has 0 atom stereocenters. The maximum Gasteiger partial charge on any atom is 0.287 e. The standard InChI is InChI=1S/C27H20BrN3O3/c28-22-13-11-20(12-14-22)25-16-15-23(34-25)18-29-31-27(33)24(17-19-7-3-1-4-8-19)30-26(32)21-9-5-2-6-10-21/h1-18H,(H,30,32)(H,31,33)/b24-17+,29-18+. The summed E-state index contributed by atoms with van der Waals surface area (Å²) in [6, 6.07) is 29.2. The Hall–Kier alpha value is -4.23. The number of nitrogens with zero attached hydrogens (tertiary/aromatic N) is 1. The van der Waals surface area contributed by atoms with Gasteiger partial charge in [-0.1, -0.05) is 76.6 Å². The predicted molar refractivity (Wildman–Crippen MR) is 136 cm³/mol. The molecular formula is C27H20BrN3O3. The van der Waals surface area contributed by atoms with E-state index in [1.54, 1.807) is 36.4 Å². The van der Waals surface area contributed by atoms with Crippen LogP contribution in [0.1, 0.15) is 21.7 Å². The molecule has 1 heterocycles. The van der Waals surface area contributed by atoms with E-state index in [1.165, 1.54) is 6.21 Å². The number of rotatable bonds is 7. The summed E-state index contributed by atoms with van der Waals surface area (Å²) in [7, 11) is 0. The van der Waals surface area contributed by atoms with Gasteiger partial charge in [-0.05, 0) is 48.0 Å². The van der Waals surface area contributed by atoms with E-state index in [1.807, 2.05) is 66.7 Å². The number of amides is 2. The molecule has 4 rings (SSSR count). The Labute approximate surface area is 205 Å². The average molecular weight is 514 g/mol. The first kappa shape index (κ1) is 22.9. The van der Waals surface area contributed by atoms with Gasteiger partial charge < -0.3 is 9.73 Å². The van der Waals surface area contributed by atoms with Crippen LogP contribution in [0.15, 0.2) is 117 Å². The summed E-state index contributed by atoms with van der Waals surface area (Å²) in [4.78, 5) is 25.4. The van der Waals surface area contributed by atoms with Gasteiger partial charge in [0.1, 0.15) is 17.2 Å². The maximum atomic E-state index is 12.8. The Kier molecular flexibility index (Phi) is 7.47. The fourth-order valence-electron chi connectivity index (χ4n) is 3.06. The third-order valence-corrected chi connectivity index (χ3v) is 5.28. The van der Waals surface area contributed by atoms with Crippen LogP contribution >= 0.6 is 15.9 Å². The van der Waals surface area contributed by atoms with Crippen LogP contribution in [-0.2, 0) is 4.79 Å². The normalized spacial score (nSPS) is 11.4. The smallest absolute Gasteiger partial charge is 0.287 e. The largest absolute Gasteiger partial charge is 0.455 e. The molecule has 34 heavy (non-hydrogen) atoms. The monoisotopic (exact) mass is 513 g/mol. The van der Waals surface area contributed by atoms with Crippen molar-refractivity contribution in [2.24, 2.45) is 5.10 Å². The highest BCUT2D eigenvalue weighted by atomic mass is 79.9. The van der Waals surface area contributed by atoms with E-state index in [0.29, 0.717) is 17.1 Å². The number of hydrogen-bond acceptors (Lipinski definition) is 4. The zero-order valence-corrected chi connectivity index (χ0v) is 19.5. The second-order valence-corrected chi connectivity index (χ2v) is 8.11. The Morgan fingerprint density at radius 2 is 1.50 bits per heavy atom. The van der Waals surface area contributed by atoms with Gasteiger partial charge in [0, 0.05) is 15.6 Å². The minimum absolute atomic E-state index is 0.0622. The molecule has 168 valence electrons. The van der Waals surface area contributed by atoms with E-state index in [9.17, 15) is 9.59 Å². The second-order valence-electron chi connectivity index (χ2n) is 7.20. The fourth-order valence-corrected chi connectivity index (χ4v) is 3.33. The molecule has 2 amide bonds. The minimum atomic E-state index is -0.566. The molecule has 0 bridgehead atoms. The number of benzene rings is 3. The van der Waals surface area contributed by atoms with Crippen LogP contribution in [0.2, 0.25) is 0 Å². The van der Waals surface area contributed by atoms with Crippen molar-refractivity contribution in [1.82, 2.24) is 10.7 Å². The SMILES string of the molecule is O=C(N/N=C/c1ccc(-c2ccc(Br)cc2)o1)/C(=C\c1ccccc1)NC(=O)c1ccccc1. The van der Waals surface area contributed by atoms with Crippen molar-refractivity contribution < 1.29 is 14.0 Å². The second kappa shape index (κ2) is 11.1. The number of carbonyl (C=O) groups excluding carboxylic acids is 2. The lowest BCUT2D eigenvalue weighted by molar-refractivity contribution is -0.117. The van der Waals surface area contributed by atoms with Crippen molar-refractivity contribution in [2.45, 2.75) is 0 Å². The lowest BCUT2D eigenvalue weighted by Crippen LogP contribution is -2.32. The van der Waals surface area contributed by atoms with Crippen LogP contribution in [0.25, 0.3) is 17.4 Å². The number of hydrazone groups is 1. The van der Waals surface area contributed by atoms with Gasteiger partial charge in [0.15, 0.2) is 0 Å². The summed E-state index contributed by atoms with van der Waals surface area (Å²) < 4.78 is 6.75. The van der Waals surface area contributed by atoms with Crippen LogP contribution in [-0.4, -0.2) is 18.0 Å². The molecule has 0 saturated carbocycles. The first-order chi connectivity index (χ1) is 16.6. The van der Waals surface area contributed by atoms with Crippen molar-refractivity contribution in [3.63, 3.8) is 0 Å². The number of halogens is 1. The molecule has 0 radical (unpaired) electrons. The van der Waals surface area contributed by atoms with Gasteiger partial charge in [-0.15, -0.1) is 0 Å². The number of furan rings is 1. The van der Waals surface area contributed by atoms with E-state index in [0.717, 1.165) is 15.6 Å². The van der Waals surface area contributed by atoms with Crippen LogP contribution in [0, 0.1) is 0 Å². The van der Waals surface area contributed by atoms with Crippen LogP contribution < -0.4 is 10.7 Å². The minimum Gasteiger partial charge on any atom is -0.455 e. The average Bonchev–Trinajstić information content (AvgIpc) is 3.34. The van der Waals surface area contributed by atoms with Crippen molar-refractivity contribution >= 4 is 40.0 Å². The van der Waals surface area contributed by atoms with Crippen molar-refractivity contribution in [2.75, 3.05) is 0 Å². The molecule has 1 aromatic heterocycles. The predicted octanol–water partition coefficient (Wildman–Crippen LogP) is 5.63. The van der Waals surface area contributed by atoms with E-state index >= 15 is 0 Å². The third kappa shape index (κ3) is 6.17. The van der Waals surface area contributed by atoms with Gasteiger partial charge >= 0.3 is 0 Å². The number of nitrogens with one attached hydrogen (secondary N) is 2. The molecule has 0 fully saturated rings. The van der Waals surface area contributed by atoms with Gasteiger partial charge in [0.2, 0.25) is 0 Å². The highest BCUT2D eigenvalue weighted by Crippen LogP contribution is 2.23. The molecule has 0 saturated heterocycles. The first-order valence-electron chi connectivity index (χ1n) is 10.4. The van der Waals surface area contributed by atoms with Gasteiger partial charge in [0.05, 0.1) is 6.21 Å². The molecule has 0 aliphatic heterocycles. The molecule has 0 aliphatic carbocycles.